The molecule has 0 bridgehead atoms. The van der Waals surface area contributed by atoms with Gasteiger partial charge in [-0.1, -0.05) is 72.8 Å². The lowest BCUT2D eigenvalue weighted by atomic mass is 10.0. The molecule has 0 heterocycles. The average Bonchev–Trinajstić information content (AvgIpc) is 2.68. The van der Waals surface area contributed by atoms with Gasteiger partial charge in [0, 0.05) is 19.3 Å². The predicted molar refractivity (Wildman–Crippen MR) is 111 cm³/mol. The van der Waals surface area contributed by atoms with Gasteiger partial charge in [-0.15, -0.1) is 6.58 Å². The van der Waals surface area contributed by atoms with Gasteiger partial charge in [0.25, 0.3) is 0 Å². The van der Waals surface area contributed by atoms with Crippen molar-refractivity contribution in [3.05, 3.63) is 97.1 Å². The van der Waals surface area contributed by atoms with Gasteiger partial charge in [0.1, 0.15) is 0 Å². The molecular weight excluding hydrogens is 302 g/mol. The second-order valence-electron chi connectivity index (χ2n) is 6.33. The molecule has 0 unspecified atom stereocenters. The quantitative estimate of drug-likeness (QED) is 0.459. The summed E-state index contributed by atoms with van der Waals surface area (Å²) in [6.45, 7) is 4.75. The highest BCUT2D eigenvalue weighted by Crippen LogP contribution is 2.23. The van der Waals surface area contributed by atoms with Crippen LogP contribution >= 0.6 is 0 Å². The number of hydrogen-bond donors (Lipinski definition) is 0. The third-order valence-electron chi connectivity index (χ3n) is 4.55. The summed E-state index contributed by atoms with van der Waals surface area (Å²) >= 11 is 0. The van der Waals surface area contributed by atoms with Gasteiger partial charge in [0.2, 0.25) is 0 Å². The van der Waals surface area contributed by atoms with Gasteiger partial charge in [0.05, 0.1) is 0 Å². The number of rotatable bonds is 7. The van der Waals surface area contributed by atoms with Crippen LogP contribution in [0.4, 0.5) is 5.69 Å². The highest BCUT2D eigenvalue weighted by Gasteiger charge is 2.04. The molecule has 126 valence electrons. The van der Waals surface area contributed by atoms with Crippen molar-refractivity contribution in [1.82, 2.24) is 0 Å². The van der Waals surface area contributed by atoms with E-state index in [9.17, 15) is 0 Å². The lowest BCUT2D eigenvalue weighted by Crippen LogP contribution is -2.17. The first kappa shape index (κ1) is 17.0. The Morgan fingerprint density at radius 1 is 0.920 bits per heavy atom. The summed E-state index contributed by atoms with van der Waals surface area (Å²) in [7, 11) is 2.15. The first-order chi connectivity index (χ1) is 12.3. The van der Waals surface area contributed by atoms with E-state index < -0.39 is 0 Å². The van der Waals surface area contributed by atoms with Crippen LogP contribution in [-0.4, -0.2) is 13.6 Å². The van der Waals surface area contributed by atoms with Crippen molar-refractivity contribution in [2.75, 3.05) is 18.5 Å². The number of benzene rings is 3. The molecule has 0 aromatic heterocycles. The predicted octanol–water partition coefficient (Wildman–Crippen LogP) is 6.33. The van der Waals surface area contributed by atoms with Crippen molar-refractivity contribution >= 4 is 22.0 Å². The van der Waals surface area contributed by atoms with E-state index in [1.54, 1.807) is 0 Å². The van der Waals surface area contributed by atoms with Crippen LogP contribution in [-0.2, 0) is 0 Å². The molecule has 0 aliphatic rings. The Morgan fingerprint density at radius 2 is 1.64 bits per heavy atom. The van der Waals surface area contributed by atoms with Crippen molar-refractivity contribution in [1.29, 1.82) is 0 Å². The molecule has 0 fully saturated rings. The summed E-state index contributed by atoms with van der Waals surface area (Å²) in [6, 6.07) is 25.8. The molecule has 1 nitrogen and oxygen atoms in total. The van der Waals surface area contributed by atoms with Gasteiger partial charge in [-0.25, -0.2) is 0 Å². The van der Waals surface area contributed by atoms with Crippen LogP contribution in [0.1, 0.15) is 18.4 Å². The highest BCUT2D eigenvalue weighted by atomic mass is 15.1. The molecule has 0 amide bonds. The molecule has 3 aromatic carbocycles. The number of fused-ring (bicyclic) bond motifs is 1. The third kappa shape index (κ3) is 4.39. The number of hydrogen-bond acceptors (Lipinski definition) is 1. The van der Waals surface area contributed by atoms with Gasteiger partial charge in [-0.2, -0.15) is 0 Å². The van der Waals surface area contributed by atoms with Gasteiger partial charge < -0.3 is 4.90 Å². The third-order valence-corrected chi connectivity index (χ3v) is 4.55. The van der Waals surface area contributed by atoms with Crippen LogP contribution < -0.4 is 4.90 Å². The number of nitrogens with zero attached hydrogens (tertiary/aromatic N) is 1. The lowest BCUT2D eigenvalue weighted by Gasteiger charge is -2.19. The first-order valence-corrected chi connectivity index (χ1v) is 8.83. The smallest absolute Gasteiger partial charge is 0.0372 e. The molecule has 3 aromatic rings. The highest BCUT2D eigenvalue weighted by molar-refractivity contribution is 5.85. The Hall–Kier alpha value is -2.80. The van der Waals surface area contributed by atoms with Crippen LogP contribution in [0, 0.1) is 0 Å². The van der Waals surface area contributed by atoms with E-state index in [0.29, 0.717) is 0 Å². The van der Waals surface area contributed by atoms with Crippen molar-refractivity contribution in [3.63, 3.8) is 0 Å². The van der Waals surface area contributed by atoms with Crippen molar-refractivity contribution in [2.24, 2.45) is 0 Å². The molecule has 3 rings (SSSR count). The zero-order valence-corrected chi connectivity index (χ0v) is 14.9. The molecule has 25 heavy (non-hydrogen) atoms. The summed E-state index contributed by atoms with van der Waals surface area (Å²) in [6.07, 6.45) is 6.36. The molecule has 0 radical (unpaired) electrons. The van der Waals surface area contributed by atoms with Crippen molar-refractivity contribution in [3.8, 4) is 0 Å². The zero-order valence-electron chi connectivity index (χ0n) is 14.9. The fourth-order valence-electron chi connectivity index (χ4n) is 3.04. The minimum Gasteiger partial charge on any atom is -0.371 e. The molecule has 0 N–H and O–H groups in total. The van der Waals surface area contributed by atoms with E-state index in [2.05, 4.69) is 97.4 Å². The van der Waals surface area contributed by atoms with E-state index >= 15 is 0 Å². The van der Waals surface area contributed by atoms with Crippen molar-refractivity contribution < 1.29 is 0 Å². The minimum absolute atomic E-state index is 0.889. The molecule has 0 atom stereocenters. The number of allylic oxidation sites excluding steroid dienone is 2. The summed E-state index contributed by atoms with van der Waals surface area (Å²) in [5.74, 6) is 0. The SMILES string of the molecule is C=CCC/C(=C\CN(C)c1ccc2ccccc2c1)c1ccccc1. The van der Waals surface area contributed by atoms with Crippen LogP contribution in [0.15, 0.2) is 91.5 Å². The Morgan fingerprint density at radius 3 is 2.40 bits per heavy atom. The molecule has 0 aliphatic carbocycles. The van der Waals surface area contributed by atoms with E-state index in [-0.39, 0.29) is 0 Å². The second kappa shape index (κ2) is 8.34. The van der Waals surface area contributed by atoms with Gasteiger partial charge >= 0.3 is 0 Å². The van der Waals surface area contributed by atoms with E-state index in [0.717, 1.165) is 19.4 Å². The van der Waals surface area contributed by atoms with Crippen LogP contribution in [0.3, 0.4) is 0 Å². The standard InChI is InChI=1S/C24H25N/c1-3-4-10-22(20-11-6-5-7-12-20)17-18-25(2)24-16-15-21-13-8-9-14-23(21)19-24/h3,5-9,11-17,19H,1,4,10,18H2,2H3/b22-17+. The molecule has 0 spiro atoms. The average molecular weight is 327 g/mol. The largest absolute Gasteiger partial charge is 0.371 e. The molecular formula is C24H25N. The lowest BCUT2D eigenvalue weighted by molar-refractivity contribution is 1.01. The van der Waals surface area contributed by atoms with Crippen LogP contribution in [0.25, 0.3) is 16.3 Å². The van der Waals surface area contributed by atoms with Gasteiger partial charge in [-0.05, 0) is 46.9 Å². The maximum Gasteiger partial charge on any atom is 0.0372 e. The summed E-state index contributed by atoms with van der Waals surface area (Å²) in [5.41, 5.74) is 3.93. The Balaban J connectivity index is 1.79. The Kier molecular flexibility index (Phi) is 5.69. The maximum absolute atomic E-state index is 3.86. The normalized spacial score (nSPS) is 11.5. The monoisotopic (exact) mass is 327 g/mol. The minimum atomic E-state index is 0.889. The van der Waals surface area contributed by atoms with E-state index in [1.165, 1.54) is 27.6 Å². The fourth-order valence-corrected chi connectivity index (χ4v) is 3.04. The summed E-state index contributed by atoms with van der Waals surface area (Å²) in [5, 5.41) is 2.57. The number of anilines is 1. The second-order valence-corrected chi connectivity index (χ2v) is 6.33. The van der Waals surface area contributed by atoms with E-state index in [4.69, 9.17) is 0 Å². The zero-order chi connectivity index (χ0) is 17.5. The fraction of sp³-hybridized carbons (Fsp3) is 0.167. The van der Waals surface area contributed by atoms with Crippen LogP contribution in [0.5, 0.6) is 0 Å². The van der Waals surface area contributed by atoms with Crippen molar-refractivity contribution in [2.45, 2.75) is 12.8 Å². The molecule has 0 aliphatic heterocycles. The summed E-state index contributed by atoms with van der Waals surface area (Å²) < 4.78 is 0. The van der Waals surface area contributed by atoms with Gasteiger partial charge in [0.15, 0.2) is 0 Å². The van der Waals surface area contributed by atoms with E-state index in [1.807, 2.05) is 6.08 Å². The number of likely N-dealkylation sites (N-methyl/N-ethyl adjacent to an activating group) is 1. The Labute approximate surface area is 150 Å². The topological polar surface area (TPSA) is 3.24 Å². The molecule has 0 saturated heterocycles. The summed E-state index contributed by atoms with van der Waals surface area (Å²) in [4.78, 5) is 2.29. The van der Waals surface area contributed by atoms with Gasteiger partial charge in [-0.3, -0.25) is 0 Å². The molecule has 1 heteroatoms. The molecule has 0 saturated carbocycles. The maximum atomic E-state index is 3.86. The first-order valence-electron chi connectivity index (χ1n) is 8.83. The van der Waals surface area contributed by atoms with Crippen LogP contribution in [0.2, 0.25) is 0 Å². The Bertz CT molecular complexity index is 861.